The molecule has 0 aliphatic rings. The van der Waals surface area contributed by atoms with E-state index in [1.54, 1.807) is 19.9 Å². The van der Waals surface area contributed by atoms with E-state index in [0.717, 1.165) is 42.6 Å². The Morgan fingerprint density at radius 2 is 1.56 bits per heavy atom. The summed E-state index contributed by atoms with van der Waals surface area (Å²) < 4.78 is 12.7. The molecule has 230 valence electrons. The van der Waals surface area contributed by atoms with Crippen molar-refractivity contribution in [1.29, 1.82) is 0 Å². The van der Waals surface area contributed by atoms with Crippen molar-refractivity contribution < 1.29 is 18.9 Å². The van der Waals surface area contributed by atoms with E-state index in [4.69, 9.17) is 0 Å². The molecule has 0 saturated heterocycles. The Labute approximate surface area is 259 Å². The maximum atomic E-state index is 12.7. The maximum absolute atomic E-state index is 12.7. The van der Waals surface area contributed by atoms with Crippen molar-refractivity contribution in [2.45, 2.75) is 84.3 Å². The molecule has 3 aromatic rings. The Balaban J connectivity index is 1.48. The second kappa shape index (κ2) is 17.5. The third kappa shape index (κ3) is 11.2. The van der Waals surface area contributed by atoms with Crippen LogP contribution < -0.4 is 5.32 Å². The first-order chi connectivity index (χ1) is 20.8. The molecule has 0 aliphatic heterocycles. The van der Waals surface area contributed by atoms with Crippen LogP contribution in [-0.4, -0.2) is 31.9 Å². The normalized spacial score (nSPS) is 12.3. The van der Waals surface area contributed by atoms with Crippen molar-refractivity contribution >= 4 is 40.5 Å². The van der Waals surface area contributed by atoms with Gasteiger partial charge in [-0.1, -0.05) is 75.7 Å². The highest BCUT2D eigenvalue weighted by Crippen LogP contribution is 2.31. The summed E-state index contributed by atoms with van der Waals surface area (Å²) in [7, 11) is -0.969. The molecule has 0 fully saturated rings. The Morgan fingerprint density at radius 3 is 2.21 bits per heavy atom. The molecule has 6 nitrogen and oxygen atoms in total. The zero-order valence-corrected chi connectivity index (χ0v) is 26.6. The summed E-state index contributed by atoms with van der Waals surface area (Å²) in [5, 5.41) is 12.5. The van der Waals surface area contributed by atoms with Gasteiger partial charge in [0.05, 0.1) is 22.6 Å². The molecular weight excluding hydrogens is 556 g/mol. The zero-order valence-electron chi connectivity index (χ0n) is 25.8. The van der Waals surface area contributed by atoms with Crippen LogP contribution in [-0.2, 0) is 39.0 Å². The van der Waals surface area contributed by atoms with Crippen molar-refractivity contribution in [3.63, 3.8) is 0 Å². The first-order valence-corrected chi connectivity index (χ1v) is 17.0. The number of pyridine rings is 1. The number of aryl methyl sites for hydroxylation is 2. The summed E-state index contributed by atoms with van der Waals surface area (Å²) in [5.74, 6) is -0.158. The molecule has 2 aromatic carbocycles. The number of nitrogens with zero attached hydrogens (tertiary/aromatic N) is 1. The van der Waals surface area contributed by atoms with Gasteiger partial charge >= 0.3 is 5.97 Å². The second-order valence-corrected chi connectivity index (χ2v) is 12.8. The highest BCUT2D eigenvalue weighted by molar-refractivity contribution is 7.84. The highest BCUT2D eigenvalue weighted by Gasteiger charge is 2.37. The van der Waals surface area contributed by atoms with Crippen LogP contribution in [0, 0.1) is 5.41 Å². The molecule has 0 aliphatic carbocycles. The highest BCUT2D eigenvalue weighted by atomic mass is 32.2. The van der Waals surface area contributed by atoms with Crippen molar-refractivity contribution in [2.75, 3.05) is 11.1 Å². The van der Waals surface area contributed by atoms with E-state index in [1.165, 1.54) is 24.0 Å². The Morgan fingerprint density at radius 1 is 0.884 bits per heavy atom. The number of anilines is 1. The number of benzene rings is 2. The molecule has 1 unspecified atom stereocenters. The van der Waals surface area contributed by atoms with Gasteiger partial charge in [0.25, 0.3) is 0 Å². The van der Waals surface area contributed by atoms with Gasteiger partial charge in [-0.25, -0.2) is 0 Å². The molecule has 1 heterocycles. The number of carbonyl (C=O) groups excluding carboxylic acids is 1. The van der Waals surface area contributed by atoms with Crippen molar-refractivity contribution in [1.82, 2.24) is 4.98 Å². The van der Waals surface area contributed by atoms with Crippen LogP contribution in [0.1, 0.15) is 93.8 Å². The number of carboxylic acid groups (broad SMARTS) is 1. The van der Waals surface area contributed by atoms with Gasteiger partial charge in [0.15, 0.2) is 0 Å². The van der Waals surface area contributed by atoms with E-state index in [0.29, 0.717) is 30.0 Å². The van der Waals surface area contributed by atoms with Gasteiger partial charge in [0.2, 0.25) is 5.91 Å². The Hall–Kier alpha value is -3.58. The molecule has 0 radical (unpaired) electrons. The third-order valence-electron chi connectivity index (χ3n) is 7.99. The molecule has 0 saturated carbocycles. The molecule has 1 aromatic heterocycles. The van der Waals surface area contributed by atoms with Crippen LogP contribution >= 0.6 is 0 Å². The maximum Gasteiger partial charge on any atom is 0.310 e. The summed E-state index contributed by atoms with van der Waals surface area (Å²) in [6.45, 7) is 5.81. The number of hydrogen-bond donors (Lipinski definition) is 2. The summed E-state index contributed by atoms with van der Waals surface area (Å²) >= 11 is 0. The quantitative estimate of drug-likeness (QED) is 0.144. The first-order valence-electron chi connectivity index (χ1n) is 15.5. The van der Waals surface area contributed by atoms with E-state index in [2.05, 4.69) is 41.5 Å². The van der Waals surface area contributed by atoms with Gasteiger partial charge < -0.3 is 10.4 Å². The van der Waals surface area contributed by atoms with Crippen LogP contribution in [0.15, 0.2) is 66.7 Å². The summed E-state index contributed by atoms with van der Waals surface area (Å²) in [5.41, 5.74) is 4.75. The van der Waals surface area contributed by atoms with Crippen molar-refractivity contribution in [3.05, 3.63) is 94.8 Å². The molecule has 43 heavy (non-hydrogen) atoms. The van der Waals surface area contributed by atoms with Gasteiger partial charge in [-0.2, -0.15) is 0 Å². The van der Waals surface area contributed by atoms with Crippen LogP contribution in [0.25, 0.3) is 12.2 Å². The van der Waals surface area contributed by atoms with Crippen LogP contribution in [0.3, 0.4) is 0 Å². The number of rotatable bonds is 18. The number of unbranched alkanes of at least 4 members (excludes halogenated alkanes) is 2. The van der Waals surface area contributed by atoms with E-state index in [-0.39, 0.29) is 12.3 Å². The van der Waals surface area contributed by atoms with E-state index >= 15 is 0 Å². The van der Waals surface area contributed by atoms with Gasteiger partial charge in [-0.05, 0) is 92.0 Å². The molecule has 1 atom stereocenters. The molecule has 7 heteroatoms. The van der Waals surface area contributed by atoms with Crippen molar-refractivity contribution in [3.8, 4) is 0 Å². The zero-order chi connectivity index (χ0) is 31.1. The number of carbonyl (C=O) groups is 2. The van der Waals surface area contributed by atoms with Gasteiger partial charge in [0.1, 0.15) is 0 Å². The standard InChI is InChI=1S/C36H46N2O4S/c1-4-7-12-28-18-20-29(21-19-28)13-8-9-24-43(42)27-33-17-11-15-31(37-33)23-22-30-14-10-16-32(25-30)38-34(39)26-36(5-2,6-3)35(40)41/h10-11,14-23,25H,4-9,12-13,24,26-27H2,1-3H3,(H,38,39)(H,40,41)/b23-22+. The summed E-state index contributed by atoms with van der Waals surface area (Å²) in [6.07, 6.45) is 11.1. The van der Waals surface area contributed by atoms with Gasteiger partial charge in [-0.3, -0.25) is 18.8 Å². The number of nitrogens with one attached hydrogen (secondary N) is 1. The lowest BCUT2D eigenvalue weighted by Crippen LogP contribution is -2.34. The van der Waals surface area contributed by atoms with E-state index in [1.807, 2.05) is 48.6 Å². The SMILES string of the molecule is CCCCc1ccc(CCCCS(=O)Cc2cccc(/C=C/c3cccc(NC(=O)CC(CC)(CC)C(=O)O)c3)n2)cc1. The summed E-state index contributed by atoms with van der Waals surface area (Å²) in [6, 6.07) is 22.1. The number of carboxylic acids is 1. The predicted octanol–water partition coefficient (Wildman–Crippen LogP) is 8.09. The Bertz CT molecular complexity index is 1380. The average Bonchev–Trinajstić information content (AvgIpc) is 3.00. The van der Waals surface area contributed by atoms with Crippen LogP contribution in [0.4, 0.5) is 5.69 Å². The fourth-order valence-corrected chi connectivity index (χ4v) is 6.21. The second-order valence-electron chi connectivity index (χ2n) is 11.2. The molecular formula is C36H46N2O4S. The van der Waals surface area contributed by atoms with Crippen molar-refractivity contribution in [2.24, 2.45) is 5.41 Å². The monoisotopic (exact) mass is 602 g/mol. The molecule has 0 bridgehead atoms. The van der Waals surface area contributed by atoms with E-state index < -0.39 is 22.2 Å². The molecule has 2 N–H and O–H groups in total. The molecule has 3 rings (SSSR count). The van der Waals surface area contributed by atoms with Crippen LogP contribution in [0.5, 0.6) is 0 Å². The third-order valence-corrected chi connectivity index (χ3v) is 9.35. The van der Waals surface area contributed by atoms with E-state index in [9.17, 15) is 18.9 Å². The lowest BCUT2D eigenvalue weighted by atomic mass is 9.79. The molecule has 0 spiro atoms. The number of aromatic nitrogens is 1. The van der Waals surface area contributed by atoms with Gasteiger partial charge in [0, 0.05) is 28.7 Å². The minimum atomic E-state index is -1.05. The smallest absolute Gasteiger partial charge is 0.310 e. The average molecular weight is 603 g/mol. The minimum absolute atomic E-state index is 0.0690. The number of amides is 1. The summed E-state index contributed by atoms with van der Waals surface area (Å²) in [4.78, 5) is 29.1. The lowest BCUT2D eigenvalue weighted by molar-refractivity contribution is -0.151. The minimum Gasteiger partial charge on any atom is -0.481 e. The fourth-order valence-electron chi connectivity index (χ4n) is 5.05. The van der Waals surface area contributed by atoms with Gasteiger partial charge in [-0.15, -0.1) is 0 Å². The fraction of sp³-hybridized carbons (Fsp3) is 0.417. The molecule has 1 amide bonds. The topological polar surface area (TPSA) is 96.4 Å². The van der Waals surface area contributed by atoms with Crippen LogP contribution in [0.2, 0.25) is 0 Å². The number of aliphatic carboxylic acids is 1. The lowest BCUT2D eigenvalue weighted by Gasteiger charge is -2.25. The first kappa shape index (κ1) is 33.9. The predicted molar refractivity (Wildman–Crippen MR) is 178 cm³/mol. The Kier molecular flexibility index (Phi) is 13.8. The largest absolute Gasteiger partial charge is 0.481 e. The number of hydrogen-bond acceptors (Lipinski definition) is 4.